The number of urea groups is 1. The summed E-state index contributed by atoms with van der Waals surface area (Å²) in [7, 11) is 0. The second-order valence-corrected chi connectivity index (χ2v) is 6.22. The van der Waals surface area contributed by atoms with Gasteiger partial charge in [0.25, 0.3) is 0 Å². The highest BCUT2D eigenvalue weighted by molar-refractivity contribution is 6.42. The summed E-state index contributed by atoms with van der Waals surface area (Å²) in [5.74, 6) is 1.09. The van der Waals surface area contributed by atoms with E-state index >= 15 is 0 Å². The minimum absolute atomic E-state index is 0.0724. The van der Waals surface area contributed by atoms with Gasteiger partial charge in [-0.25, -0.2) is 4.79 Å². The first kappa shape index (κ1) is 14.5. The Morgan fingerprint density at radius 3 is 2.42 bits per heavy atom. The molecule has 19 heavy (non-hydrogen) atoms. The molecular weight excluding hydrogens is 283 g/mol. The summed E-state index contributed by atoms with van der Waals surface area (Å²) in [6.07, 6.45) is 1.18. The molecule has 1 aliphatic rings. The van der Waals surface area contributed by atoms with Crippen LogP contribution in [0.25, 0.3) is 0 Å². The van der Waals surface area contributed by atoms with Crippen LogP contribution in [0.4, 0.5) is 10.5 Å². The van der Waals surface area contributed by atoms with Crippen molar-refractivity contribution < 1.29 is 4.79 Å². The van der Waals surface area contributed by atoms with E-state index in [2.05, 4.69) is 19.2 Å². The molecule has 0 spiro atoms. The Labute approximate surface area is 123 Å². The van der Waals surface area contributed by atoms with Crippen LogP contribution >= 0.6 is 23.2 Å². The van der Waals surface area contributed by atoms with E-state index in [0.717, 1.165) is 13.1 Å². The van der Waals surface area contributed by atoms with E-state index in [0.29, 0.717) is 27.6 Å². The number of benzene rings is 1. The maximum atomic E-state index is 12.2. The van der Waals surface area contributed by atoms with E-state index in [1.807, 2.05) is 4.90 Å². The molecule has 1 N–H and O–H groups in total. The first-order valence-electron chi connectivity index (χ1n) is 6.46. The third-order valence-corrected chi connectivity index (χ3v) is 4.07. The van der Waals surface area contributed by atoms with Crippen molar-refractivity contribution in [2.24, 2.45) is 11.8 Å². The van der Waals surface area contributed by atoms with Crippen LogP contribution < -0.4 is 5.32 Å². The second kappa shape index (κ2) is 6.02. The number of anilines is 1. The lowest BCUT2D eigenvalue weighted by Crippen LogP contribution is -2.44. The molecule has 1 aliphatic heterocycles. The van der Waals surface area contributed by atoms with Crippen LogP contribution in [0.3, 0.4) is 0 Å². The van der Waals surface area contributed by atoms with Crippen molar-refractivity contribution in [3.63, 3.8) is 0 Å². The quantitative estimate of drug-likeness (QED) is 0.813. The molecule has 0 aliphatic carbocycles. The van der Waals surface area contributed by atoms with Gasteiger partial charge in [0.1, 0.15) is 0 Å². The molecule has 2 amide bonds. The molecule has 104 valence electrons. The fourth-order valence-electron chi connectivity index (χ4n) is 2.61. The van der Waals surface area contributed by atoms with Crippen molar-refractivity contribution in [1.82, 2.24) is 4.90 Å². The van der Waals surface area contributed by atoms with Gasteiger partial charge in [-0.2, -0.15) is 0 Å². The molecule has 0 aromatic heterocycles. The van der Waals surface area contributed by atoms with Crippen LogP contribution in [0.2, 0.25) is 10.0 Å². The number of hydrogen-bond acceptors (Lipinski definition) is 1. The summed E-state index contributed by atoms with van der Waals surface area (Å²) in [5, 5.41) is 3.79. The first-order chi connectivity index (χ1) is 8.95. The van der Waals surface area contributed by atoms with Crippen LogP contribution in [0.5, 0.6) is 0 Å². The number of rotatable bonds is 1. The summed E-state index contributed by atoms with van der Waals surface area (Å²) >= 11 is 11.8. The smallest absolute Gasteiger partial charge is 0.321 e. The number of nitrogens with zero attached hydrogens (tertiary/aromatic N) is 1. The molecule has 3 nitrogen and oxygen atoms in total. The number of halogens is 2. The predicted octanol–water partition coefficient (Wildman–Crippen LogP) is 4.50. The number of hydrogen-bond donors (Lipinski definition) is 1. The Morgan fingerprint density at radius 1 is 1.21 bits per heavy atom. The third-order valence-electron chi connectivity index (χ3n) is 3.33. The van der Waals surface area contributed by atoms with Gasteiger partial charge in [0.05, 0.1) is 10.0 Å². The molecule has 1 heterocycles. The minimum Gasteiger partial charge on any atom is -0.324 e. The molecule has 2 atom stereocenters. The Hall–Kier alpha value is -0.930. The molecular formula is C14H18Cl2N2O. The summed E-state index contributed by atoms with van der Waals surface area (Å²) < 4.78 is 0. The fraction of sp³-hybridized carbons (Fsp3) is 0.500. The van der Waals surface area contributed by atoms with Gasteiger partial charge < -0.3 is 10.2 Å². The first-order valence-corrected chi connectivity index (χ1v) is 7.22. The third kappa shape index (κ3) is 3.77. The molecule has 0 saturated carbocycles. The van der Waals surface area contributed by atoms with Gasteiger partial charge in [-0.05, 0) is 36.5 Å². The van der Waals surface area contributed by atoms with Crippen LogP contribution in [0.15, 0.2) is 18.2 Å². The highest BCUT2D eigenvalue weighted by Gasteiger charge is 2.25. The van der Waals surface area contributed by atoms with E-state index in [1.54, 1.807) is 18.2 Å². The van der Waals surface area contributed by atoms with Crippen LogP contribution in [0.1, 0.15) is 20.3 Å². The van der Waals surface area contributed by atoms with Crippen molar-refractivity contribution in [1.29, 1.82) is 0 Å². The standard InChI is InChI=1S/C14H18Cl2N2O/c1-9-5-10(2)8-18(7-9)14(19)17-11-3-4-12(15)13(16)6-11/h3-4,6,9-10H,5,7-8H2,1-2H3,(H,17,19)/t9-,10-/m1/s1. The van der Waals surface area contributed by atoms with Gasteiger partial charge in [0.15, 0.2) is 0 Å². The number of carbonyl (C=O) groups is 1. The average molecular weight is 301 g/mol. The highest BCUT2D eigenvalue weighted by Crippen LogP contribution is 2.26. The molecule has 1 saturated heterocycles. The Balaban J connectivity index is 2.02. The van der Waals surface area contributed by atoms with Crippen molar-refractivity contribution in [3.8, 4) is 0 Å². The molecule has 5 heteroatoms. The maximum Gasteiger partial charge on any atom is 0.321 e. The monoisotopic (exact) mass is 300 g/mol. The lowest BCUT2D eigenvalue weighted by molar-refractivity contribution is 0.156. The Bertz CT molecular complexity index is 469. The maximum absolute atomic E-state index is 12.2. The van der Waals surface area contributed by atoms with Crippen LogP contribution in [0, 0.1) is 11.8 Å². The van der Waals surface area contributed by atoms with Crippen LogP contribution in [-0.2, 0) is 0 Å². The number of amides is 2. The molecule has 1 aromatic rings. The molecule has 0 unspecified atom stereocenters. The van der Waals surface area contributed by atoms with Gasteiger partial charge >= 0.3 is 6.03 Å². The summed E-state index contributed by atoms with van der Waals surface area (Å²) in [5.41, 5.74) is 0.672. The van der Waals surface area contributed by atoms with Gasteiger partial charge in [-0.15, -0.1) is 0 Å². The summed E-state index contributed by atoms with van der Waals surface area (Å²) in [6, 6.07) is 5.03. The Kier molecular flexibility index (Phi) is 4.58. The minimum atomic E-state index is -0.0724. The zero-order valence-electron chi connectivity index (χ0n) is 11.1. The number of carbonyl (C=O) groups excluding carboxylic acids is 1. The number of likely N-dealkylation sites (tertiary alicyclic amines) is 1. The van der Waals surface area contributed by atoms with E-state index in [4.69, 9.17) is 23.2 Å². The Morgan fingerprint density at radius 2 is 1.84 bits per heavy atom. The van der Waals surface area contributed by atoms with Gasteiger partial charge in [0, 0.05) is 18.8 Å². The lowest BCUT2D eigenvalue weighted by atomic mass is 9.92. The van der Waals surface area contributed by atoms with Crippen molar-refractivity contribution >= 4 is 34.9 Å². The number of piperidine rings is 1. The topological polar surface area (TPSA) is 32.3 Å². The average Bonchev–Trinajstić information content (AvgIpc) is 2.32. The zero-order valence-corrected chi connectivity index (χ0v) is 12.6. The second-order valence-electron chi connectivity index (χ2n) is 5.41. The van der Waals surface area contributed by atoms with Crippen molar-refractivity contribution in [2.75, 3.05) is 18.4 Å². The fourth-order valence-corrected chi connectivity index (χ4v) is 2.90. The number of nitrogens with one attached hydrogen (secondary N) is 1. The van der Waals surface area contributed by atoms with E-state index in [1.165, 1.54) is 6.42 Å². The largest absolute Gasteiger partial charge is 0.324 e. The van der Waals surface area contributed by atoms with Gasteiger partial charge in [-0.1, -0.05) is 37.0 Å². The molecule has 1 aromatic carbocycles. The molecule has 1 fully saturated rings. The summed E-state index contributed by atoms with van der Waals surface area (Å²) in [6.45, 7) is 5.96. The van der Waals surface area contributed by atoms with E-state index in [-0.39, 0.29) is 6.03 Å². The van der Waals surface area contributed by atoms with Crippen LogP contribution in [-0.4, -0.2) is 24.0 Å². The van der Waals surface area contributed by atoms with Crippen molar-refractivity contribution in [3.05, 3.63) is 28.2 Å². The lowest BCUT2D eigenvalue weighted by Gasteiger charge is -2.34. The SMILES string of the molecule is C[C@@H]1C[C@@H](C)CN(C(=O)Nc2ccc(Cl)c(Cl)c2)C1. The highest BCUT2D eigenvalue weighted by atomic mass is 35.5. The zero-order chi connectivity index (χ0) is 14.0. The molecule has 2 rings (SSSR count). The molecule has 0 bridgehead atoms. The van der Waals surface area contributed by atoms with Gasteiger partial charge in [-0.3, -0.25) is 0 Å². The van der Waals surface area contributed by atoms with Gasteiger partial charge in [0.2, 0.25) is 0 Å². The van der Waals surface area contributed by atoms with E-state index < -0.39 is 0 Å². The summed E-state index contributed by atoms with van der Waals surface area (Å²) in [4.78, 5) is 14.1. The van der Waals surface area contributed by atoms with Crippen molar-refractivity contribution in [2.45, 2.75) is 20.3 Å². The predicted molar refractivity (Wildman–Crippen MR) is 80.0 cm³/mol. The molecule has 0 radical (unpaired) electrons. The van der Waals surface area contributed by atoms with E-state index in [9.17, 15) is 4.79 Å². The normalized spacial score (nSPS) is 23.3.